The van der Waals surface area contributed by atoms with Gasteiger partial charge in [0.25, 0.3) is 0 Å². The Morgan fingerprint density at radius 3 is 2.13 bits per heavy atom. The molecule has 0 aliphatic heterocycles. The van der Waals surface area contributed by atoms with E-state index in [1.807, 2.05) is 19.0 Å². The van der Waals surface area contributed by atoms with Gasteiger partial charge in [-0.1, -0.05) is 0 Å². The van der Waals surface area contributed by atoms with Crippen LogP contribution in [0.1, 0.15) is 12.8 Å². The lowest BCUT2D eigenvalue weighted by atomic mass is 10.3. The summed E-state index contributed by atoms with van der Waals surface area (Å²) in [5.74, 6) is -0.134. The van der Waals surface area contributed by atoms with Crippen LogP contribution in [-0.2, 0) is 21.3 Å². The summed E-state index contributed by atoms with van der Waals surface area (Å²) in [5, 5.41) is 0. The highest BCUT2D eigenvalue weighted by Crippen LogP contribution is 2.04. The fourth-order valence-corrected chi connectivity index (χ4v) is 2.73. The smallest absolute Gasteiger partial charge is 0.224 e. The van der Waals surface area contributed by atoms with Crippen molar-refractivity contribution in [2.45, 2.75) is 12.8 Å². The highest BCUT2D eigenvalue weighted by molar-refractivity contribution is 7.99. The van der Waals surface area contributed by atoms with Gasteiger partial charge < -0.3 is 9.45 Å². The van der Waals surface area contributed by atoms with Crippen LogP contribution < -0.4 is 0 Å². The van der Waals surface area contributed by atoms with Crippen molar-refractivity contribution in [3.8, 4) is 0 Å². The first-order valence-electron chi connectivity index (χ1n) is 4.48. The SMILES string of the molecule is CN(C)CCCCS(=O)(=O)N(C)S(=O)[O-]. The molecule has 0 saturated heterocycles. The topological polar surface area (TPSA) is 80.8 Å². The molecule has 0 aromatic heterocycles. The van der Waals surface area contributed by atoms with Gasteiger partial charge in [0.1, 0.15) is 0 Å². The van der Waals surface area contributed by atoms with Gasteiger partial charge in [0, 0.05) is 18.3 Å². The van der Waals surface area contributed by atoms with Crippen LogP contribution in [0.25, 0.3) is 0 Å². The predicted molar refractivity (Wildman–Crippen MR) is 58.3 cm³/mol. The fourth-order valence-electron chi connectivity index (χ4n) is 0.934. The molecule has 8 heteroatoms. The van der Waals surface area contributed by atoms with Crippen LogP contribution in [0.4, 0.5) is 0 Å². The Balaban J connectivity index is 4.01. The normalized spacial score (nSPS) is 14.8. The summed E-state index contributed by atoms with van der Waals surface area (Å²) in [5.41, 5.74) is 0. The van der Waals surface area contributed by atoms with Gasteiger partial charge in [0.15, 0.2) is 0 Å². The van der Waals surface area contributed by atoms with Crippen LogP contribution in [-0.4, -0.2) is 59.2 Å². The van der Waals surface area contributed by atoms with Gasteiger partial charge in [0.05, 0.1) is 5.75 Å². The van der Waals surface area contributed by atoms with E-state index in [0.29, 0.717) is 10.1 Å². The van der Waals surface area contributed by atoms with Gasteiger partial charge in [-0.2, -0.15) is 0 Å². The Hall–Kier alpha value is -0.0200. The van der Waals surface area contributed by atoms with E-state index in [2.05, 4.69) is 0 Å². The summed E-state index contributed by atoms with van der Waals surface area (Å²) in [7, 11) is 1.17. The van der Waals surface area contributed by atoms with Crippen LogP contribution in [0.15, 0.2) is 0 Å². The second kappa shape index (κ2) is 6.54. The average molecular weight is 257 g/mol. The molecular weight excluding hydrogens is 240 g/mol. The maximum atomic E-state index is 11.3. The molecule has 92 valence electrons. The first-order chi connectivity index (χ1) is 6.77. The molecule has 0 rings (SSSR count). The minimum Gasteiger partial charge on any atom is -0.759 e. The van der Waals surface area contributed by atoms with Crippen molar-refractivity contribution in [3.05, 3.63) is 0 Å². The Morgan fingerprint density at radius 1 is 1.20 bits per heavy atom. The van der Waals surface area contributed by atoms with Crippen LogP contribution in [0, 0.1) is 0 Å². The zero-order valence-corrected chi connectivity index (χ0v) is 10.8. The van der Waals surface area contributed by atoms with E-state index >= 15 is 0 Å². The number of nitrogens with zero attached hydrogens (tertiary/aromatic N) is 2. The van der Waals surface area contributed by atoms with Crippen LogP contribution in [0.5, 0.6) is 0 Å². The van der Waals surface area contributed by atoms with Crippen molar-refractivity contribution in [1.82, 2.24) is 8.61 Å². The minimum absolute atomic E-state index is 0.134. The molecule has 0 amide bonds. The molecule has 0 aromatic carbocycles. The molecule has 0 heterocycles. The predicted octanol–water partition coefficient (Wildman–Crippen LogP) is -0.616. The number of unbranched alkanes of at least 4 members (excludes halogenated alkanes) is 1. The summed E-state index contributed by atoms with van der Waals surface area (Å²) in [6, 6.07) is 0. The summed E-state index contributed by atoms with van der Waals surface area (Å²) < 4.78 is 43.9. The lowest BCUT2D eigenvalue weighted by molar-refractivity contribution is 0.397. The molecule has 6 nitrogen and oxygen atoms in total. The molecule has 0 radical (unpaired) electrons. The van der Waals surface area contributed by atoms with E-state index < -0.39 is 21.3 Å². The van der Waals surface area contributed by atoms with E-state index in [-0.39, 0.29) is 5.75 Å². The Labute approximate surface area is 93.7 Å². The van der Waals surface area contributed by atoms with Gasteiger partial charge in [-0.15, -0.1) is 3.71 Å². The minimum atomic E-state index is -3.66. The second-order valence-corrected chi connectivity index (χ2v) is 6.79. The number of hydrogen-bond acceptors (Lipinski definition) is 5. The van der Waals surface area contributed by atoms with Gasteiger partial charge in [0.2, 0.25) is 10.0 Å². The number of sulfonamides is 1. The van der Waals surface area contributed by atoms with Gasteiger partial charge >= 0.3 is 0 Å². The number of rotatable bonds is 7. The fraction of sp³-hybridized carbons (Fsp3) is 1.00. The molecule has 0 aromatic rings. The molecule has 15 heavy (non-hydrogen) atoms. The molecule has 0 spiro atoms. The Kier molecular flexibility index (Phi) is 6.53. The summed E-state index contributed by atoms with van der Waals surface area (Å²) in [6.07, 6.45) is 1.19. The van der Waals surface area contributed by atoms with E-state index in [9.17, 15) is 17.2 Å². The molecule has 1 atom stereocenters. The molecule has 0 aliphatic rings. The van der Waals surface area contributed by atoms with Crippen molar-refractivity contribution < 1.29 is 17.2 Å². The van der Waals surface area contributed by atoms with Crippen LogP contribution in [0.2, 0.25) is 0 Å². The monoisotopic (exact) mass is 257 g/mol. The van der Waals surface area contributed by atoms with Crippen LogP contribution >= 0.6 is 0 Å². The Bertz CT molecular complexity index is 302. The summed E-state index contributed by atoms with van der Waals surface area (Å²) in [4.78, 5) is 1.95. The third-order valence-corrected chi connectivity index (χ3v) is 4.91. The van der Waals surface area contributed by atoms with E-state index in [0.717, 1.165) is 20.0 Å². The van der Waals surface area contributed by atoms with Crippen molar-refractivity contribution >= 4 is 21.3 Å². The summed E-state index contributed by atoms with van der Waals surface area (Å²) in [6.45, 7) is 0.791. The van der Waals surface area contributed by atoms with Crippen molar-refractivity contribution in [2.24, 2.45) is 0 Å². The summed E-state index contributed by atoms with van der Waals surface area (Å²) >= 11 is -2.71. The third kappa shape index (κ3) is 6.21. The third-order valence-electron chi connectivity index (χ3n) is 1.86. The molecule has 0 fully saturated rings. The zero-order valence-electron chi connectivity index (χ0n) is 9.17. The molecule has 0 N–H and O–H groups in total. The average Bonchev–Trinajstić information content (AvgIpc) is 2.10. The molecule has 0 bridgehead atoms. The first kappa shape index (κ1) is 15.0. The number of hydrogen-bond donors (Lipinski definition) is 0. The van der Waals surface area contributed by atoms with Gasteiger partial charge in [-0.05, 0) is 33.5 Å². The first-order valence-corrected chi connectivity index (χ1v) is 7.12. The quantitative estimate of drug-likeness (QED) is 0.449. The van der Waals surface area contributed by atoms with Crippen molar-refractivity contribution in [2.75, 3.05) is 33.4 Å². The molecule has 0 saturated carbocycles. The van der Waals surface area contributed by atoms with Gasteiger partial charge in [-0.3, -0.25) is 4.21 Å². The zero-order chi connectivity index (χ0) is 12.1. The molecule has 0 aliphatic carbocycles. The largest absolute Gasteiger partial charge is 0.759 e. The van der Waals surface area contributed by atoms with E-state index in [1.54, 1.807) is 0 Å². The van der Waals surface area contributed by atoms with E-state index in [1.165, 1.54) is 0 Å². The van der Waals surface area contributed by atoms with Crippen molar-refractivity contribution in [3.63, 3.8) is 0 Å². The second-order valence-electron chi connectivity index (χ2n) is 3.45. The lowest BCUT2D eigenvalue weighted by Gasteiger charge is -2.18. The Morgan fingerprint density at radius 2 is 1.73 bits per heavy atom. The standard InChI is InChI=1S/C7H18N2O4S2/c1-8(2)6-4-5-7-15(12,13)9(3)14(10)11/h4-7H2,1-3H3,(H,10,11)/p-1. The lowest BCUT2D eigenvalue weighted by Crippen LogP contribution is -2.31. The van der Waals surface area contributed by atoms with E-state index in [4.69, 9.17) is 0 Å². The highest BCUT2D eigenvalue weighted by Gasteiger charge is 2.17. The van der Waals surface area contributed by atoms with Crippen molar-refractivity contribution in [1.29, 1.82) is 0 Å². The highest BCUT2D eigenvalue weighted by atomic mass is 32.3. The maximum absolute atomic E-state index is 11.3. The van der Waals surface area contributed by atoms with Gasteiger partial charge in [-0.25, -0.2) is 8.42 Å². The molecular formula is C7H17N2O4S2-. The van der Waals surface area contributed by atoms with Crippen LogP contribution in [0.3, 0.4) is 0 Å². The maximum Gasteiger partial charge on any atom is 0.224 e. The molecule has 1 unspecified atom stereocenters.